The summed E-state index contributed by atoms with van der Waals surface area (Å²) in [4.78, 5) is 14.1. The first-order valence-electron chi connectivity index (χ1n) is 5.52. The van der Waals surface area contributed by atoms with E-state index in [1.54, 1.807) is 12.1 Å². The van der Waals surface area contributed by atoms with E-state index in [0.717, 1.165) is 23.1 Å². The van der Waals surface area contributed by atoms with Crippen molar-refractivity contribution < 1.29 is 4.79 Å². The number of carbonyl (C=O) groups is 1. The van der Waals surface area contributed by atoms with Crippen LogP contribution >= 0.6 is 34.2 Å². The summed E-state index contributed by atoms with van der Waals surface area (Å²) in [5, 5.41) is 3.95. The SMILES string of the molecule is CN(C(=O)c1ccc(Cl)c(I)c1)C1CCNC1. The Labute approximate surface area is 120 Å². The van der Waals surface area contributed by atoms with Crippen LogP contribution in [-0.4, -0.2) is 37.0 Å². The first-order chi connectivity index (χ1) is 8.09. The van der Waals surface area contributed by atoms with E-state index in [0.29, 0.717) is 16.6 Å². The highest BCUT2D eigenvalue weighted by atomic mass is 127. The summed E-state index contributed by atoms with van der Waals surface area (Å²) in [7, 11) is 1.86. The van der Waals surface area contributed by atoms with Crippen molar-refractivity contribution in [1.82, 2.24) is 10.2 Å². The van der Waals surface area contributed by atoms with Crippen molar-refractivity contribution in [2.24, 2.45) is 0 Å². The molecule has 1 aromatic carbocycles. The van der Waals surface area contributed by atoms with Gasteiger partial charge < -0.3 is 10.2 Å². The van der Waals surface area contributed by atoms with E-state index in [1.165, 1.54) is 0 Å². The molecule has 1 atom stereocenters. The summed E-state index contributed by atoms with van der Waals surface area (Å²) in [6.07, 6.45) is 1.02. The number of amides is 1. The van der Waals surface area contributed by atoms with Crippen LogP contribution in [0.4, 0.5) is 0 Å². The minimum Gasteiger partial charge on any atom is -0.337 e. The van der Waals surface area contributed by atoms with Crippen LogP contribution in [0.1, 0.15) is 16.8 Å². The van der Waals surface area contributed by atoms with Gasteiger partial charge in [0, 0.05) is 28.8 Å². The third-order valence-electron chi connectivity index (χ3n) is 3.07. The van der Waals surface area contributed by atoms with Gasteiger partial charge >= 0.3 is 0 Å². The van der Waals surface area contributed by atoms with Crippen molar-refractivity contribution >= 4 is 40.1 Å². The van der Waals surface area contributed by atoms with Gasteiger partial charge in [-0.3, -0.25) is 4.79 Å². The van der Waals surface area contributed by atoms with Gasteiger partial charge in [-0.05, 0) is 53.8 Å². The molecule has 1 saturated heterocycles. The van der Waals surface area contributed by atoms with Crippen LogP contribution in [0.3, 0.4) is 0 Å². The molecule has 5 heteroatoms. The van der Waals surface area contributed by atoms with Crippen molar-refractivity contribution in [2.45, 2.75) is 12.5 Å². The van der Waals surface area contributed by atoms with Crippen LogP contribution in [0.25, 0.3) is 0 Å². The second-order valence-electron chi connectivity index (χ2n) is 4.19. The second-order valence-corrected chi connectivity index (χ2v) is 5.76. The third kappa shape index (κ3) is 2.92. The molecular formula is C12H14ClIN2O. The molecule has 1 aliphatic heterocycles. The average Bonchev–Trinajstić information content (AvgIpc) is 2.84. The van der Waals surface area contributed by atoms with Crippen LogP contribution in [0.2, 0.25) is 5.02 Å². The number of carbonyl (C=O) groups excluding carboxylic acids is 1. The van der Waals surface area contributed by atoms with E-state index >= 15 is 0 Å². The molecule has 1 heterocycles. The molecule has 92 valence electrons. The quantitative estimate of drug-likeness (QED) is 0.817. The van der Waals surface area contributed by atoms with E-state index < -0.39 is 0 Å². The number of likely N-dealkylation sites (N-methyl/N-ethyl adjacent to an activating group) is 1. The van der Waals surface area contributed by atoms with E-state index in [-0.39, 0.29) is 5.91 Å². The number of nitrogens with zero attached hydrogens (tertiary/aromatic N) is 1. The van der Waals surface area contributed by atoms with E-state index in [9.17, 15) is 4.79 Å². The summed E-state index contributed by atoms with van der Waals surface area (Å²) in [6, 6.07) is 5.70. The fraction of sp³-hybridized carbons (Fsp3) is 0.417. The van der Waals surface area contributed by atoms with Crippen LogP contribution in [-0.2, 0) is 0 Å². The normalized spacial score (nSPS) is 19.4. The average molecular weight is 365 g/mol. The summed E-state index contributed by atoms with van der Waals surface area (Å²) in [5.74, 6) is 0.0632. The van der Waals surface area contributed by atoms with Crippen LogP contribution in [0, 0.1) is 3.57 Å². The van der Waals surface area contributed by atoms with Gasteiger partial charge in [-0.2, -0.15) is 0 Å². The van der Waals surface area contributed by atoms with Gasteiger partial charge in [-0.15, -0.1) is 0 Å². The van der Waals surface area contributed by atoms with Gasteiger partial charge in [0.25, 0.3) is 5.91 Å². The smallest absolute Gasteiger partial charge is 0.253 e. The lowest BCUT2D eigenvalue weighted by molar-refractivity contribution is 0.0743. The van der Waals surface area contributed by atoms with E-state index in [1.807, 2.05) is 18.0 Å². The molecule has 0 radical (unpaired) electrons. The summed E-state index contributed by atoms with van der Waals surface area (Å²) < 4.78 is 0.910. The van der Waals surface area contributed by atoms with Gasteiger partial charge in [0.2, 0.25) is 0 Å². The number of halogens is 2. The monoisotopic (exact) mass is 364 g/mol. The highest BCUT2D eigenvalue weighted by molar-refractivity contribution is 14.1. The topological polar surface area (TPSA) is 32.3 Å². The van der Waals surface area contributed by atoms with Crippen molar-refractivity contribution in [3.8, 4) is 0 Å². The number of nitrogens with one attached hydrogen (secondary N) is 1. The van der Waals surface area contributed by atoms with Gasteiger partial charge in [0.05, 0.1) is 5.02 Å². The maximum absolute atomic E-state index is 12.2. The van der Waals surface area contributed by atoms with Crippen molar-refractivity contribution in [2.75, 3.05) is 20.1 Å². The minimum atomic E-state index is 0.0632. The molecule has 1 aromatic rings. The van der Waals surface area contributed by atoms with Crippen molar-refractivity contribution in [1.29, 1.82) is 0 Å². The Morgan fingerprint density at radius 3 is 2.94 bits per heavy atom. The highest BCUT2D eigenvalue weighted by Gasteiger charge is 2.24. The van der Waals surface area contributed by atoms with Gasteiger partial charge in [-0.1, -0.05) is 11.6 Å². The summed E-state index contributed by atoms with van der Waals surface area (Å²) >= 11 is 8.09. The first kappa shape index (κ1) is 13.1. The maximum Gasteiger partial charge on any atom is 0.253 e. The Kier molecular flexibility index (Phi) is 4.27. The molecule has 1 aliphatic rings. The number of benzene rings is 1. The molecule has 2 rings (SSSR count). The van der Waals surface area contributed by atoms with Gasteiger partial charge in [0.15, 0.2) is 0 Å². The highest BCUT2D eigenvalue weighted by Crippen LogP contribution is 2.21. The minimum absolute atomic E-state index is 0.0632. The zero-order valence-corrected chi connectivity index (χ0v) is 12.5. The van der Waals surface area contributed by atoms with Crippen LogP contribution < -0.4 is 5.32 Å². The number of hydrogen-bond donors (Lipinski definition) is 1. The Morgan fingerprint density at radius 1 is 1.59 bits per heavy atom. The molecular weight excluding hydrogens is 351 g/mol. The molecule has 1 fully saturated rings. The first-order valence-corrected chi connectivity index (χ1v) is 6.98. The fourth-order valence-electron chi connectivity index (χ4n) is 1.97. The van der Waals surface area contributed by atoms with E-state index in [4.69, 9.17) is 11.6 Å². The zero-order valence-electron chi connectivity index (χ0n) is 9.54. The third-order valence-corrected chi connectivity index (χ3v) is 4.61. The molecule has 1 N–H and O–H groups in total. The van der Waals surface area contributed by atoms with E-state index in [2.05, 4.69) is 27.9 Å². The number of hydrogen-bond acceptors (Lipinski definition) is 2. The molecule has 1 unspecified atom stereocenters. The van der Waals surface area contributed by atoms with Crippen LogP contribution in [0.5, 0.6) is 0 Å². The largest absolute Gasteiger partial charge is 0.337 e. The van der Waals surface area contributed by atoms with Crippen molar-refractivity contribution in [3.63, 3.8) is 0 Å². The lowest BCUT2D eigenvalue weighted by Gasteiger charge is -2.23. The molecule has 0 aliphatic carbocycles. The van der Waals surface area contributed by atoms with Gasteiger partial charge in [0.1, 0.15) is 0 Å². The lowest BCUT2D eigenvalue weighted by Crippen LogP contribution is -2.38. The molecule has 0 bridgehead atoms. The van der Waals surface area contributed by atoms with Crippen LogP contribution in [0.15, 0.2) is 18.2 Å². The Balaban J connectivity index is 2.15. The summed E-state index contributed by atoms with van der Waals surface area (Å²) in [6.45, 7) is 1.87. The molecule has 3 nitrogen and oxygen atoms in total. The maximum atomic E-state index is 12.2. The van der Waals surface area contributed by atoms with Crippen molar-refractivity contribution in [3.05, 3.63) is 32.4 Å². The predicted molar refractivity (Wildman–Crippen MR) is 77.5 cm³/mol. The fourth-order valence-corrected chi connectivity index (χ4v) is 2.60. The molecule has 0 saturated carbocycles. The molecule has 1 amide bonds. The second kappa shape index (κ2) is 5.54. The molecule has 0 spiro atoms. The lowest BCUT2D eigenvalue weighted by atomic mass is 10.1. The molecule has 0 aromatic heterocycles. The predicted octanol–water partition coefficient (Wildman–Crippen LogP) is 2.38. The number of rotatable bonds is 2. The Hall–Kier alpha value is -0.330. The Bertz CT molecular complexity index is 433. The molecule has 17 heavy (non-hydrogen) atoms. The Morgan fingerprint density at radius 2 is 2.35 bits per heavy atom. The summed E-state index contributed by atoms with van der Waals surface area (Å²) in [5.41, 5.74) is 0.702. The zero-order chi connectivity index (χ0) is 12.4. The standard InChI is InChI=1S/C12H14ClIN2O/c1-16(9-4-5-15-7-9)12(17)8-2-3-10(13)11(14)6-8/h2-3,6,9,15H,4-5,7H2,1H3. The van der Waals surface area contributed by atoms with Gasteiger partial charge in [-0.25, -0.2) is 0 Å².